The molecule has 48 heavy (non-hydrogen) atoms. The van der Waals surface area contributed by atoms with Gasteiger partial charge in [-0.1, -0.05) is 74.1 Å². The molecular weight excluding hydrogens is 640 g/mol. The minimum absolute atomic E-state index is 0.0513. The largest absolute Gasteiger partial charge is 0.416 e. The summed E-state index contributed by atoms with van der Waals surface area (Å²) in [6.45, 7) is -2.21. The number of halogens is 4. The van der Waals surface area contributed by atoms with Crippen molar-refractivity contribution in [3.8, 4) is 11.1 Å². The third kappa shape index (κ3) is 8.36. The molecule has 0 bridgehead atoms. The van der Waals surface area contributed by atoms with Gasteiger partial charge in [-0.05, 0) is 85.8 Å². The maximum absolute atomic E-state index is 14.8. The first kappa shape index (κ1) is 26.9. The zero-order chi connectivity index (χ0) is 40.7. The molecule has 11 heteroatoms. The average Bonchev–Trinajstić information content (AvgIpc) is 3.61. The monoisotopic (exact) mass is 687 g/mol. The number of carbonyl (C=O) groups is 1. The molecule has 0 aliphatic heterocycles. The summed E-state index contributed by atoms with van der Waals surface area (Å²) in [6.07, 6.45) is -3.36. The average molecular weight is 688 g/mol. The number of alkyl halides is 3. The zero-order valence-electron chi connectivity index (χ0n) is 33.7. The van der Waals surface area contributed by atoms with Gasteiger partial charge in [-0.3, -0.25) is 9.59 Å². The van der Waals surface area contributed by atoms with Crippen molar-refractivity contribution < 1.29 is 32.0 Å². The second kappa shape index (κ2) is 15.5. The fourth-order valence-corrected chi connectivity index (χ4v) is 6.13. The highest BCUT2D eigenvalue weighted by atomic mass is 32.2. The van der Waals surface area contributed by atoms with E-state index in [0.29, 0.717) is 58.3 Å². The van der Waals surface area contributed by atoms with Gasteiger partial charge in [-0.25, -0.2) is 4.39 Å². The highest BCUT2D eigenvalue weighted by Crippen LogP contribution is 2.32. The lowest BCUT2D eigenvalue weighted by Crippen LogP contribution is -2.42. The molecule has 1 aromatic heterocycles. The number of likely N-dealkylation sites (N-methyl/N-ethyl adjacent to an activating group) is 1. The van der Waals surface area contributed by atoms with Crippen LogP contribution in [0.15, 0.2) is 82.7 Å². The summed E-state index contributed by atoms with van der Waals surface area (Å²) in [4.78, 5) is 33.7. The zero-order valence-corrected chi connectivity index (χ0v) is 27.5. The third-order valence-electron chi connectivity index (χ3n) is 8.11. The van der Waals surface area contributed by atoms with Crippen molar-refractivity contribution >= 4 is 17.7 Å². The van der Waals surface area contributed by atoms with Gasteiger partial charge in [-0.2, -0.15) is 18.2 Å². The van der Waals surface area contributed by atoms with Crippen LogP contribution in [0, 0.1) is 5.82 Å². The number of hydrogen-bond acceptors (Lipinski definition) is 5. The van der Waals surface area contributed by atoms with Crippen LogP contribution >= 0.6 is 11.8 Å². The van der Waals surface area contributed by atoms with Gasteiger partial charge in [-0.15, -0.1) is 0 Å². The number of carbonyl (C=O) groups excluding carboxylic acids is 1. The fourth-order valence-electron chi connectivity index (χ4n) is 5.38. The maximum atomic E-state index is 14.8. The summed E-state index contributed by atoms with van der Waals surface area (Å²) < 4.78 is 118. The maximum Gasteiger partial charge on any atom is 0.416 e. The Morgan fingerprint density at radius 1 is 0.979 bits per heavy atom. The second-order valence-corrected chi connectivity index (χ2v) is 11.9. The van der Waals surface area contributed by atoms with Gasteiger partial charge in [0.25, 0.3) is 5.56 Å². The lowest BCUT2D eigenvalue weighted by Gasteiger charge is -2.33. The van der Waals surface area contributed by atoms with Crippen LogP contribution < -0.4 is 5.56 Å². The summed E-state index contributed by atoms with van der Waals surface area (Å²) in [5.74, 6) is -1.66. The Labute approximate surface area is 292 Å². The van der Waals surface area contributed by atoms with Gasteiger partial charge < -0.3 is 14.4 Å². The molecule has 5 rings (SSSR count). The molecule has 0 saturated carbocycles. The van der Waals surface area contributed by atoms with E-state index in [1.54, 1.807) is 13.8 Å². The molecule has 1 heterocycles. The number of amides is 1. The van der Waals surface area contributed by atoms with Gasteiger partial charge >= 0.3 is 6.18 Å². The van der Waals surface area contributed by atoms with Crippen molar-refractivity contribution in [1.29, 1.82) is 0 Å². The van der Waals surface area contributed by atoms with Gasteiger partial charge in [0.05, 0.1) is 15.7 Å². The molecule has 1 atom stereocenters. The molecule has 1 aliphatic rings. The van der Waals surface area contributed by atoms with Crippen LogP contribution in [-0.2, 0) is 36.1 Å². The summed E-state index contributed by atoms with van der Waals surface area (Å²) in [7, 11) is 0. The van der Waals surface area contributed by atoms with Crippen molar-refractivity contribution in [2.45, 2.75) is 69.6 Å². The van der Waals surface area contributed by atoms with E-state index >= 15 is 0 Å². The minimum Gasteiger partial charge on any atom is -0.333 e. The van der Waals surface area contributed by atoms with Gasteiger partial charge in [0.15, 0.2) is 5.16 Å². The van der Waals surface area contributed by atoms with Crippen molar-refractivity contribution in [3.63, 3.8) is 0 Å². The molecule has 3 aromatic carbocycles. The SMILES string of the molecule is [2H]C([2H])(Sc1nc(=O)c2c(n1CC(=O)N(C([2H])(C)c1ccc(-c3ccc(C(F)(F)F)cc3)cc1)C([2H])([2H])C([2H])([2H])N(CC)CC)CCC2)c1ccc(F)cc1. The molecule has 1 unspecified atom stereocenters. The normalized spacial score (nSPS) is 17.2. The molecule has 0 radical (unpaired) electrons. The summed E-state index contributed by atoms with van der Waals surface area (Å²) in [5, 5.41) is -0.215. The Hall–Kier alpha value is -3.96. The molecular formula is C37H40F4N4O2S. The Kier molecular flexibility index (Phi) is 8.70. The first-order chi connectivity index (χ1) is 25.6. The minimum atomic E-state index is -4.53. The first-order valence-electron chi connectivity index (χ1n) is 19.0. The molecule has 0 spiro atoms. The molecule has 4 aromatic rings. The Morgan fingerprint density at radius 2 is 1.60 bits per heavy atom. The smallest absolute Gasteiger partial charge is 0.333 e. The summed E-state index contributed by atoms with van der Waals surface area (Å²) in [5.41, 5.74) is -2.03. The molecule has 1 amide bonds. The van der Waals surface area contributed by atoms with E-state index in [-0.39, 0.29) is 29.4 Å². The van der Waals surface area contributed by atoms with Crippen molar-refractivity contribution in [2.24, 2.45) is 0 Å². The predicted octanol–water partition coefficient (Wildman–Crippen LogP) is 7.78. The molecule has 0 fully saturated rings. The Balaban J connectivity index is 1.60. The highest BCUT2D eigenvalue weighted by molar-refractivity contribution is 7.98. The highest BCUT2D eigenvalue weighted by Gasteiger charge is 2.30. The third-order valence-corrected chi connectivity index (χ3v) is 8.95. The fraction of sp³-hybridized carbons (Fsp3) is 0.378. The number of thioether (sulfide) groups is 1. The number of fused-ring (bicyclic) bond motifs is 1. The van der Waals surface area contributed by atoms with Gasteiger partial charge in [0.2, 0.25) is 5.91 Å². The number of rotatable bonds is 13. The molecule has 254 valence electrons. The van der Waals surface area contributed by atoms with Crippen LogP contribution in [0.5, 0.6) is 0 Å². The Morgan fingerprint density at radius 3 is 2.21 bits per heavy atom. The first-order valence-corrected chi connectivity index (χ1v) is 16.3. The van der Waals surface area contributed by atoms with E-state index in [9.17, 15) is 31.3 Å². The number of hydrogen-bond donors (Lipinski definition) is 0. The van der Waals surface area contributed by atoms with E-state index in [4.69, 9.17) is 5.48 Å². The molecule has 0 N–H and O–H groups in total. The van der Waals surface area contributed by atoms with Crippen LogP contribution in [0.1, 0.15) is 70.8 Å². The van der Waals surface area contributed by atoms with E-state index in [1.807, 2.05) is 0 Å². The van der Waals surface area contributed by atoms with E-state index in [2.05, 4.69) is 4.98 Å². The van der Waals surface area contributed by atoms with Crippen LogP contribution in [0.3, 0.4) is 0 Å². The Bertz CT molecular complexity index is 2080. The van der Waals surface area contributed by atoms with Crippen molar-refractivity contribution in [2.75, 3.05) is 26.1 Å². The lowest BCUT2D eigenvalue weighted by atomic mass is 9.99. The van der Waals surface area contributed by atoms with Crippen LogP contribution in [0.4, 0.5) is 17.6 Å². The molecule has 6 nitrogen and oxygen atoms in total. The van der Waals surface area contributed by atoms with Crippen molar-refractivity contribution in [1.82, 2.24) is 19.4 Å². The van der Waals surface area contributed by atoms with Crippen LogP contribution in [0.25, 0.3) is 11.1 Å². The van der Waals surface area contributed by atoms with Gasteiger partial charge in [0.1, 0.15) is 12.4 Å². The van der Waals surface area contributed by atoms with E-state index < -0.39 is 60.3 Å². The molecule has 1 aliphatic carbocycles. The number of benzene rings is 3. The number of aromatic nitrogens is 2. The number of nitrogens with zero attached hydrogens (tertiary/aromatic N) is 4. The van der Waals surface area contributed by atoms with E-state index in [1.165, 1.54) is 64.9 Å². The predicted molar refractivity (Wildman–Crippen MR) is 181 cm³/mol. The van der Waals surface area contributed by atoms with E-state index in [0.717, 1.165) is 24.3 Å². The quantitative estimate of drug-likeness (QED) is 0.0817. The second-order valence-electron chi connectivity index (χ2n) is 11.1. The standard InChI is InChI=1S/C37H40F4N4O2S/c1-4-43(5-2)21-22-44(25(3)27-11-13-28(14-12-27)29-15-17-30(18-16-29)37(39,40)41)34(46)23-45-33-8-6-7-32(33)35(47)42-36(45)48-24-26-9-19-31(38)20-10-26/h9-20,25H,4-8,21-24H2,1-3H3/i21D2,22D2,24D2,25D. The van der Waals surface area contributed by atoms with Crippen LogP contribution in [0.2, 0.25) is 0 Å². The van der Waals surface area contributed by atoms with Crippen molar-refractivity contribution in [3.05, 3.63) is 117 Å². The molecule has 0 saturated heterocycles. The summed E-state index contributed by atoms with van der Waals surface area (Å²) >= 11 is 0.503. The lowest BCUT2D eigenvalue weighted by molar-refractivity contribution is -0.137. The summed E-state index contributed by atoms with van der Waals surface area (Å²) in [6, 6.07) is 12.6. The van der Waals surface area contributed by atoms with Crippen LogP contribution in [-0.4, -0.2) is 51.3 Å². The van der Waals surface area contributed by atoms with Gasteiger partial charge in [0, 0.05) is 35.4 Å². The topological polar surface area (TPSA) is 58.4 Å².